The first-order chi connectivity index (χ1) is 14.2. The SMILES string of the molecule is CCOC(=O)NC(CNC(=O)C(c1ccccc1)N1CCS(=O)(=O)CC1)CC(C)C. The van der Waals surface area contributed by atoms with Crippen LogP contribution < -0.4 is 10.6 Å². The molecule has 1 fully saturated rings. The van der Waals surface area contributed by atoms with Gasteiger partial charge in [-0.1, -0.05) is 44.2 Å². The van der Waals surface area contributed by atoms with Gasteiger partial charge in [-0.2, -0.15) is 0 Å². The summed E-state index contributed by atoms with van der Waals surface area (Å²) in [5.41, 5.74) is 0.813. The van der Waals surface area contributed by atoms with Crippen LogP contribution in [0.1, 0.15) is 38.8 Å². The summed E-state index contributed by atoms with van der Waals surface area (Å²) in [7, 11) is -3.05. The lowest BCUT2D eigenvalue weighted by atomic mass is 10.0. The highest BCUT2D eigenvalue weighted by atomic mass is 32.2. The summed E-state index contributed by atoms with van der Waals surface area (Å²) in [4.78, 5) is 26.9. The van der Waals surface area contributed by atoms with Crippen molar-refractivity contribution in [3.63, 3.8) is 0 Å². The van der Waals surface area contributed by atoms with Gasteiger partial charge in [-0.25, -0.2) is 13.2 Å². The Morgan fingerprint density at radius 3 is 2.33 bits per heavy atom. The normalized spacial score (nSPS) is 18.4. The minimum atomic E-state index is -3.05. The number of rotatable bonds is 9. The van der Waals surface area contributed by atoms with Crippen molar-refractivity contribution in [1.29, 1.82) is 0 Å². The standard InChI is InChI=1S/C21H33N3O5S/c1-4-29-21(26)23-18(14-16(2)3)15-22-20(25)19(17-8-6-5-7-9-17)24-10-12-30(27,28)13-11-24/h5-9,16,18-19H,4,10-15H2,1-3H3,(H,22,25)(H,23,26). The number of hydrogen-bond donors (Lipinski definition) is 2. The smallest absolute Gasteiger partial charge is 0.407 e. The Hall–Kier alpha value is -2.13. The summed E-state index contributed by atoms with van der Waals surface area (Å²) in [6.07, 6.45) is 0.190. The van der Waals surface area contributed by atoms with Crippen LogP contribution in [0.3, 0.4) is 0 Å². The largest absolute Gasteiger partial charge is 0.450 e. The van der Waals surface area contributed by atoms with Crippen molar-refractivity contribution in [3.8, 4) is 0 Å². The topological polar surface area (TPSA) is 105 Å². The van der Waals surface area contributed by atoms with E-state index in [9.17, 15) is 18.0 Å². The molecule has 0 bridgehead atoms. The Bertz CT molecular complexity index is 784. The molecule has 30 heavy (non-hydrogen) atoms. The molecule has 0 saturated carbocycles. The number of nitrogens with zero attached hydrogens (tertiary/aromatic N) is 1. The van der Waals surface area contributed by atoms with Crippen LogP contribution in [0.25, 0.3) is 0 Å². The highest BCUT2D eigenvalue weighted by Crippen LogP contribution is 2.23. The first-order valence-corrected chi connectivity index (χ1v) is 12.2. The molecule has 0 spiro atoms. The van der Waals surface area contributed by atoms with Gasteiger partial charge in [0, 0.05) is 25.7 Å². The molecule has 2 atom stereocenters. The molecule has 9 heteroatoms. The van der Waals surface area contributed by atoms with Gasteiger partial charge in [-0.05, 0) is 24.8 Å². The number of alkyl carbamates (subject to hydrolysis) is 1. The number of carbonyl (C=O) groups is 2. The quantitative estimate of drug-likeness (QED) is 0.607. The van der Waals surface area contributed by atoms with Gasteiger partial charge in [0.25, 0.3) is 0 Å². The molecule has 1 aliphatic heterocycles. The lowest BCUT2D eigenvalue weighted by Gasteiger charge is -2.34. The van der Waals surface area contributed by atoms with E-state index in [0.717, 1.165) is 5.56 Å². The first kappa shape index (κ1) is 24.1. The van der Waals surface area contributed by atoms with Gasteiger partial charge in [0.1, 0.15) is 6.04 Å². The fraction of sp³-hybridized carbons (Fsp3) is 0.619. The van der Waals surface area contributed by atoms with Gasteiger partial charge in [0.2, 0.25) is 5.91 Å². The number of nitrogens with one attached hydrogen (secondary N) is 2. The van der Waals surface area contributed by atoms with Crippen LogP contribution in [0, 0.1) is 5.92 Å². The van der Waals surface area contributed by atoms with E-state index in [4.69, 9.17) is 4.74 Å². The maximum absolute atomic E-state index is 13.2. The molecule has 2 N–H and O–H groups in total. The van der Waals surface area contributed by atoms with E-state index in [1.54, 1.807) is 6.92 Å². The molecular weight excluding hydrogens is 406 g/mol. The van der Waals surface area contributed by atoms with Crippen LogP contribution in [0.4, 0.5) is 4.79 Å². The van der Waals surface area contributed by atoms with E-state index in [0.29, 0.717) is 25.4 Å². The third-order valence-electron chi connectivity index (χ3n) is 4.98. The van der Waals surface area contributed by atoms with Crippen LogP contribution >= 0.6 is 0 Å². The number of amides is 2. The molecule has 1 saturated heterocycles. The molecule has 2 rings (SSSR count). The summed E-state index contributed by atoms with van der Waals surface area (Å²) < 4.78 is 28.6. The molecule has 2 amide bonds. The second-order valence-electron chi connectivity index (χ2n) is 7.94. The second-order valence-corrected chi connectivity index (χ2v) is 10.2. The van der Waals surface area contributed by atoms with Crippen LogP contribution in [-0.4, -0.2) is 69.1 Å². The Morgan fingerprint density at radius 1 is 1.13 bits per heavy atom. The van der Waals surface area contributed by atoms with Crippen molar-refractivity contribution >= 4 is 21.8 Å². The summed E-state index contributed by atoms with van der Waals surface area (Å²) in [5.74, 6) is 0.208. The summed E-state index contributed by atoms with van der Waals surface area (Å²) in [5, 5.41) is 5.76. The number of benzene rings is 1. The fourth-order valence-corrected chi connectivity index (χ4v) is 4.80. The summed E-state index contributed by atoms with van der Waals surface area (Å²) >= 11 is 0. The molecule has 1 aliphatic rings. The zero-order valence-corrected chi connectivity index (χ0v) is 18.8. The predicted molar refractivity (Wildman–Crippen MR) is 116 cm³/mol. The van der Waals surface area contributed by atoms with Crippen molar-refractivity contribution in [2.24, 2.45) is 5.92 Å². The highest BCUT2D eigenvalue weighted by molar-refractivity contribution is 7.91. The average molecular weight is 440 g/mol. The van der Waals surface area contributed by atoms with Gasteiger partial charge in [-0.15, -0.1) is 0 Å². The fourth-order valence-electron chi connectivity index (χ4n) is 3.57. The summed E-state index contributed by atoms with van der Waals surface area (Å²) in [6.45, 7) is 7.00. The van der Waals surface area contributed by atoms with E-state index >= 15 is 0 Å². The Morgan fingerprint density at radius 2 is 1.77 bits per heavy atom. The molecule has 168 valence electrons. The third-order valence-corrected chi connectivity index (χ3v) is 6.59. The molecule has 8 nitrogen and oxygen atoms in total. The zero-order valence-electron chi connectivity index (χ0n) is 18.0. The third kappa shape index (κ3) is 7.60. The lowest BCUT2D eigenvalue weighted by molar-refractivity contribution is -0.126. The van der Waals surface area contributed by atoms with Crippen molar-refractivity contribution in [2.45, 2.75) is 39.3 Å². The van der Waals surface area contributed by atoms with Gasteiger partial charge in [-0.3, -0.25) is 9.69 Å². The van der Waals surface area contributed by atoms with E-state index < -0.39 is 22.0 Å². The Labute approximate surface area is 179 Å². The van der Waals surface area contributed by atoms with Crippen LogP contribution in [0.15, 0.2) is 30.3 Å². The maximum Gasteiger partial charge on any atom is 0.407 e. The average Bonchev–Trinajstić information content (AvgIpc) is 2.68. The number of carbonyl (C=O) groups excluding carboxylic acids is 2. The lowest BCUT2D eigenvalue weighted by Crippen LogP contribution is -2.50. The molecule has 1 aromatic carbocycles. The second kappa shape index (κ2) is 11.3. The molecule has 2 unspecified atom stereocenters. The Kier molecular flexibility index (Phi) is 9.10. The predicted octanol–water partition coefficient (Wildman–Crippen LogP) is 1.74. The first-order valence-electron chi connectivity index (χ1n) is 10.4. The van der Waals surface area contributed by atoms with Gasteiger partial charge >= 0.3 is 6.09 Å². The van der Waals surface area contributed by atoms with Crippen molar-refractivity contribution in [1.82, 2.24) is 15.5 Å². The monoisotopic (exact) mass is 439 g/mol. The Balaban J connectivity index is 2.10. The zero-order chi connectivity index (χ0) is 22.1. The van der Waals surface area contributed by atoms with E-state index in [-0.39, 0.29) is 36.6 Å². The molecular formula is C21H33N3O5S. The van der Waals surface area contributed by atoms with Crippen LogP contribution in [0.5, 0.6) is 0 Å². The minimum Gasteiger partial charge on any atom is -0.450 e. The maximum atomic E-state index is 13.2. The van der Waals surface area contributed by atoms with Crippen LogP contribution in [0.2, 0.25) is 0 Å². The van der Waals surface area contributed by atoms with Crippen molar-refractivity contribution < 1.29 is 22.7 Å². The summed E-state index contributed by atoms with van der Waals surface area (Å²) in [6, 6.07) is 8.50. The van der Waals surface area contributed by atoms with Gasteiger partial charge < -0.3 is 15.4 Å². The molecule has 0 radical (unpaired) electrons. The minimum absolute atomic E-state index is 0.0456. The van der Waals surface area contributed by atoms with E-state index in [1.165, 1.54) is 0 Å². The van der Waals surface area contributed by atoms with Gasteiger partial charge in [0.15, 0.2) is 9.84 Å². The van der Waals surface area contributed by atoms with E-state index in [1.807, 2.05) is 49.1 Å². The number of ether oxygens (including phenoxy) is 1. The molecule has 0 aliphatic carbocycles. The van der Waals surface area contributed by atoms with Gasteiger partial charge in [0.05, 0.1) is 18.1 Å². The van der Waals surface area contributed by atoms with Crippen LogP contribution in [-0.2, 0) is 19.4 Å². The highest BCUT2D eigenvalue weighted by Gasteiger charge is 2.32. The van der Waals surface area contributed by atoms with Crippen molar-refractivity contribution in [3.05, 3.63) is 35.9 Å². The number of hydrogen-bond acceptors (Lipinski definition) is 6. The molecule has 1 aromatic rings. The molecule has 1 heterocycles. The van der Waals surface area contributed by atoms with E-state index in [2.05, 4.69) is 10.6 Å². The molecule has 0 aromatic heterocycles. The van der Waals surface area contributed by atoms with Crippen molar-refractivity contribution in [2.75, 3.05) is 37.7 Å². The number of sulfone groups is 1.